The van der Waals surface area contributed by atoms with Crippen molar-refractivity contribution in [3.05, 3.63) is 90.2 Å². The first kappa shape index (κ1) is 21.5. The Morgan fingerprint density at radius 3 is 2.52 bits per heavy atom. The molecule has 0 spiro atoms. The Bertz CT molecular complexity index is 1050. The lowest BCUT2D eigenvalue weighted by atomic mass is 9.76. The third-order valence-corrected chi connectivity index (χ3v) is 6.52. The van der Waals surface area contributed by atoms with E-state index in [1.807, 2.05) is 24.3 Å². The summed E-state index contributed by atoms with van der Waals surface area (Å²) in [6.45, 7) is 5.82. The van der Waals surface area contributed by atoms with Gasteiger partial charge < -0.3 is 10.0 Å². The summed E-state index contributed by atoms with van der Waals surface area (Å²) in [7, 11) is 2.69. The van der Waals surface area contributed by atoms with Gasteiger partial charge in [-0.1, -0.05) is 43.0 Å². The number of hydrogen-bond acceptors (Lipinski definition) is 3. The second-order valence-corrected chi connectivity index (χ2v) is 9.20. The third-order valence-electron chi connectivity index (χ3n) is 6.14. The Morgan fingerprint density at radius 2 is 1.90 bits per heavy atom. The zero-order valence-corrected chi connectivity index (χ0v) is 18.7. The Labute approximate surface area is 185 Å². The lowest BCUT2D eigenvalue weighted by molar-refractivity contribution is -0.115. The van der Waals surface area contributed by atoms with Crippen LogP contribution in [0.4, 0.5) is 10.1 Å². The smallest absolute Gasteiger partial charge is 0.162 e. The average Bonchev–Trinajstić information content (AvgIpc) is 2.74. The van der Waals surface area contributed by atoms with Crippen molar-refractivity contribution in [2.24, 2.45) is 5.92 Å². The van der Waals surface area contributed by atoms with Crippen molar-refractivity contribution in [3.8, 4) is 5.75 Å². The van der Waals surface area contributed by atoms with Gasteiger partial charge in [0.25, 0.3) is 0 Å². The van der Waals surface area contributed by atoms with E-state index >= 15 is 0 Å². The van der Waals surface area contributed by atoms with Crippen molar-refractivity contribution in [1.82, 2.24) is 0 Å². The summed E-state index contributed by atoms with van der Waals surface area (Å²) in [4.78, 5) is 14.9. The van der Waals surface area contributed by atoms with Crippen LogP contribution >= 0.6 is 9.24 Å². The third kappa shape index (κ3) is 4.50. The standard InChI is InChI=1S/C26H27FNO2P/c1-17-23(11-12-24(30)18-13-15-26(2,27)16-14-18)25(19-3-7-21(29)8-4-19)28(17)20-5-9-22(31)10-6-20/h3-10,13-15,23,25,29H,1,11-12,16,31H2,2H3/t23-,25?,26?/m0/s1. The minimum Gasteiger partial charge on any atom is -0.508 e. The number of carbonyl (C=O) groups excluding carboxylic acids is 1. The second kappa shape index (κ2) is 8.43. The quantitative estimate of drug-likeness (QED) is 0.605. The number of phenolic OH excluding ortho intramolecular Hbond substituents is 1. The molecule has 2 aromatic rings. The minimum atomic E-state index is -1.37. The van der Waals surface area contributed by atoms with Gasteiger partial charge in [-0.25, -0.2) is 4.39 Å². The predicted molar refractivity (Wildman–Crippen MR) is 127 cm³/mol. The van der Waals surface area contributed by atoms with Crippen molar-refractivity contribution in [2.75, 3.05) is 4.90 Å². The molecule has 1 saturated heterocycles. The molecule has 0 radical (unpaired) electrons. The normalized spacial score (nSPS) is 25.2. The van der Waals surface area contributed by atoms with Crippen LogP contribution in [0, 0.1) is 5.92 Å². The molecule has 1 N–H and O–H groups in total. The molecule has 3 unspecified atom stereocenters. The molecular weight excluding hydrogens is 408 g/mol. The molecule has 1 aliphatic heterocycles. The number of hydrogen-bond donors (Lipinski definition) is 1. The fourth-order valence-electron chi connectivity index (χ4n) is 4.32. The maximum atomic E-state index is 14.0. The molecule has 0 aromatic heterocycles. The molecule has 160 valence electrons. The van der Waals surface area contributed by atoms with E-state index in [1.165, 1.54) is 13.0 Å². The number of rotatable bonds is 6. The molecule has 4 rings (SSSR count). The van der Waals surface area contributed by atoms with Gasteiger partial charge in [0.2, 0.25) is 0 Å². The van der Waals surface area contributed by atoms with Gasteiger partial charge in [0, 0.05) is 35.7 Å². The van der Waals surface area contributed by atoms with Crippen LogP contribution in [0.3, 0.4) is 0 Å². The van der Waals surface area contributed by atoms with Crippen LogP contribution in [0.15, 0.2) is 84.6 Å². The van der Waals surface area contributed by atoms with Crippen molar-refractivity contribution >= 4 is 26.0 Å². The Balaban J connectivity index is 1.52. The number of halogens is 1. The van der Waals surface area contributed by atoms with Crippen LogP contribution in [-0.4, -0.2) is 16.6 Å². The van der Waals surface area contributed by atoms with E-state index in [0.29, 0.717) is 18.4 Å². The molecule has 1 heterocycles. The fraction of sp³-hybridized carbons (Fsp3) is 0.269. The molecule has 2 aliphatic rings. The molecular formula is C26H27FNO2P. The van der Waals surface area contributed by atoms with Crippen LogP contribution in [-0.2, 0) is 4.79 Å². The van der Waals surface area contributed by atoms with Crippen LogP contribution in [0.1, 0.15) is 37.8 Å². The molecule has 1 fully saturated rings. The van der Waals surface area contributed by atoms with Gasteiger partial charge in [0.15, 0.2) is 5.78 Å². The molecule has 2 aromatic carbocycles. The van der Waals surface area contributed by atoms with Crippen molar-refractivity contribution in [1.29, 1.82) is 0 Å². The molecule has 0 saturated carbocycles. The first-order valence-corrected chi connectivity index (χ1v) is 11.1. The highest BCUT2D eigenvalue weighted by Gasteiger charge is 2.43. The number of carbonyl (C=O) groups is 1. The van der Waals surface area contributed by atoms with Gasteiger partial charge in [0.05, 0.1) is 6.04 Å². The molecule has 1 aliphatic carbocycles. The molecule has 3 nitrogen and oxygen atoms in total. The summed E-state index contributed by atoms with van der Waals surface area (Å²) in [5.74, 6) is 0.377. The summed E-state index contributed by atoms with van der Waals surface area (Å²) in [5, 5.41) is 10.8. The van der Waals surface area contributed by atoms with E-state index in [2.05, 4.69) is 32.9 Å². The zero-order chi connectivity index (χ0) is 22.2. The van der Waals surface area contributed by atoms with Crippen LogP contribution < -0.4 is 10.2 Å². The molecule has 0 amide bonds. The first-order chi connectivity index (χ1) is 14.7. The first-order valence-electron chi connectivity index (χ1n) is 10.5. The van der Waals surface area contributed by atoms with E-state index < -0.39 is 5.67 Å². The number of nitrogens with zero attached hydrogens (tertiary/aromatic N) is 1. The molecule has 4 atom stereocenters. The monoisotopic (exact) mass is 435 g/mol. The van der Waals surface area contributed by atoms with Gasteiger partial charge in [0.1, 0.15) is 11.4 Å². The van der Waals surface area contributed by atoms with E-state index in [9.17, 15) is 14.3 Å². The van der Waals surface area contributed by atoms with E-state index in [-0.39, 0.29) is 29.9 Å². The van der Waals surface area contributed by atoms with E-state index in [4.69, 9.17) is 0 Å². The van der Waals surface area contributed by atoms with E-state index in [1.54, 1.807) is 24.3 Å². The van der Waals surface area contributed by atoms with Crippen LogP contribution in [0.5, 0.6) is 5.75 Å². The number of aromatic hydroxyl groups is 1. The second-order valence-electron chi connectivity index (χ2n) is 8.53. The van der Waals surface area contributed by atoms with Crippen molar-refractivity contribution in [3.63, 3.8) is 0 Å². The van der Waals surface area contributed by atoms with E-state index in [0.717, 1.165) is 22.3 Å². The van der Waals surface area contributed by atoms with Gasteiger partial charge in [-0.05, 0) is 54.6 Å². The lowest BCUT2D eigenvalue weighted by Gasteiger charge is -2.52. The maximum Gasteiger partial charge on any atom is 0.162 e. The van der Waals surface area contributed by atoms with Crippen LogP contribution in [0.25, 0.3) is 0 Å². The topological polar surface area (TPSA) is 40.5 Å². The fourth-order valence-corrected chi connectivity index (χ4v) is 4.52. The summed E-state index contributed by atoms with van der Waals surface area (Å²) in [6.07, 6.45) is 6.06. The lowest BCUT2D eigenvalue weighted by Crippen LogP contribution is -2.47. The highest BCUT2D eigenvalue weighted by molar-refractivity contribution is 7.27. The number of ketones is 1. The Hall–Kier alpha value is -2.71. The van der Waals surface area contributed by atoms with Crippen molar-refractivity contribution in [2.45, 2.75) is 37.9 Å². The SMILES string of the molecule is C=C1[C@H](CCC(=O)C2=CCC(C)(F)C=C2)C(c2ccc(O)cc2)N1c1ccc(P)cc1. The highest BCUT2D eigenvalue weighted by Crippen LogP contribution is 2.51. The number of phenols is 1. The summed E-state index contributed by atoms with van der Waals surface area (Å²) >= 11 is 0. The van der Waals surface area contributed by atoms with Gasteiger partial charge in [-0.3, -0.25) is 4.79 Å². The number of Topliss-reactive ketones (excluding diaryl/α,β-unsaturated/α-hetero) is 1. The minimum absolute atomic E-state index is 0.0369. The Kier molecular flexibility index (Phi) is 5.85. The number of benzene rings is 2. The number of allylic oxidation sites excluding steroid dienone is 4. The molecule has 31 heavy (non-hydrogen) atoms. The largest absolute Gasteiger partial charge is 0.508 e. The Morgan fingerprint density at radius 1 is 1.23 bits per heavy atom. The van der Waals surface area contributed by atoms with Gasteiger partial charge >= 0.3 is 0 Å². The van der Waals surface area contributed by atoms with Gasteiger partial charge in [-0.15, -0.1) is 9.24 Å². The maximum absolute atomic E-state index is 14.0. The summed E-state index contributed by atoms with van der Waals surface area (Å²) in [5.41, 5.74) is 2.32. The number of anilines is 1. The predicted octanol–water partition coefficient (Wildman–Crippen LogP) is 5.55. The van der Waals surface area contributed by atoms with Crippen molar-refractivity contribution < 1.29 is 14.3 Å². The zero-order valence-electron chi connectivity index (χ0n) is 17.6. The van der Waals surface area contributed by atoms with Gasteiger partial charge in [-0.2, -0.15) is 0 Å². The summed E-state index contributed by atoms with van der Waals surface area (Å²) in [6, 6.07) is 15.5. The molecule has 0 bridgehead atoms. The van der Waals surface area contributed by atoms with Crippen LogP contribution in [0.2, 0.25) is 0 Å². The number of alkyl halides is 1. The summed E-state index contributed by atoms with van der Waals surface area (Å²) < 4.78 is 14.0. The highest BCUT2D eigenvalue weighted by atomic mass is 31.0. The molecule has 5 heteroatoms. The average molecular weight is 435 g/mol.